The Hall–Kier alpha value is -2.55. The minimum absolute atomic E-state index is 0.480. The third-order valence-corrected chi connectivity index (χ3v) is 5.55. The Labute approximate surface area is 168 Å². The fourth-order valence-electron chi connectivity index (χ4n) is 3.83. The number of hydrogen-bond acceptors (Lipinski definition) is 3. The van der Waals surface area contributed by atoms with Gasteiger partial charge in [-0.2, -0.15) is 0 Å². The second-order valence-corrected chi connectivity index (χ2v) is 7.52. The van der Waals surface area contributed by atoms with Crippen LogP contribution < -0.4 is 4.74 Å². The van der Waals surface area contributed by atoms with Crippen LogP contribution in [0.3, 0.4) is 0 Å². The molecule has 148 valence electrons. The van der Waals surface area contributed by atoms with Crippen molar-refractivity contribution in [3.63, 3.8) is 0 Å². The molecule has 1 aliphatic rings. The van der Waals surface area contributed by atoms with Crippen LogP contribution >= 0.6 is 0 Å². The summed E-state index contributed by atoms with van der Waals surface area (Å²) < 4.78 is 9.53. The van der Waals surface area contributed by atoms with E-state index in [0.717, 1.165) is 17.0 Å². The van der Waals surface area contributed by atoms with Gasteiger partial charge in [0.05, 0.1) is 7.11 Å². The Morgan fingerprint density at radius 3 is 2.18 bits per heavy atom. The predicted octanol–water partition coefficient (Wildman–Crippen LogP) is 7.26. The lowest BCUT2D eigenvalue weighted by atomic mass is 9.83. The molecule has 2 aromatic rings. The first-order chi connectivity index (χ1) is 13.7. The molecule has 0 heterocycles. The number of carbonyl (C=O) groups is 1. The van der Waals surface area contributed by atoms with Gasteiger partial charge in [0.1, 0.15) is 5.75 Å². The van der Waals surface area contributed by atoms with Crippen LogP contribution in [-0.2, 0) is 4.74 Å². The molecule has 28 heavy (non-hydrogen) atoms. The summed E-state index contributed by atoms with van der Waals surface area (Å²) in [4.78, 5) is 11.2. The van der Waals surface area contributed by atoms with Gasteiger partial charge in [-0.3, -0.25) is 0 Å². The Morgan fingerprint density at radius 2 is 1.61 bits per heavy atom. The van der Waals surface area contributed by atoms with Crippen molar-refractivity contribution >= 4 is 11.7 Å². The lowest BCUT2D eigenvalue weighted by Gasteiger charge is -2.22. The van der Waals surface area contributed by atoms with Gasteiger partial charge in [-0.05, 0) is 59.6 Å². The summed E-state index contributed by atoms with van der Waals surface area (Å²) >= 11 is 0. The molecule has 0 aromatic heterocycles. The van der Waals surface area contributed by atoms with Gasteiger partial charge in [0.2, 0.25) is 0 Å². The topological polar surface area (TPSA) is 35.5 Å². The maximum absolute atomic E-state index is 11.2. The van der Waals surface area contributed by atoms with E-state index in [-0.39, 0.29) is 0 Å². The van der Waals surface area contributed by atoms with Gasteiger partial charge in [-0.1, -0.05) is 75.1 Å². The van der Waals surface area contributed by atoms with E-state index in [0.29, 0.717) is 5.75 Å². The predicted molar refractivity (Wildman–Crippen MR) is 114 cm³/mol. The highest BCUT2D eigenvalue weighted by molar-refractivity contribution is 5.71. The third kappa shape index (κ3) is 5.48. The normalized spacial score (nSPS) is 16.4. The zero-order chi connectivity index (χ0) is 19.8. The molecule has 0 fully saturated rings. The largest absolute Gasteiger partial charge is 0.513 e. The molecule has 0 spiro atoms. The maximum atomic E-state index is 11.2. The van der Waals surface area contributed by atoms with Crippen molar-refractivity contribution in [1.29, 1.82) is 0 Å². The molecule has 1 aliphatic carbocycles. The lowest BCUT2D eigenvalue weighted by Crippen LogP contribution is -2.06. The lowest BCUT2D eigenvalue weighted by molar-refractivity contribution is 0.121. The molecule has 3 heteroatoms. The van der Waals surface area contributed by atoms with Crippen LogP contribution in [0.15, 0.2) is 54.6 Å². The average Bonchev–Trinajstić information content (AvgIpc) is 2.75. The van der Waals surface area contributed by atoms with E-state index in [4.69, 9.17) is 4.74 Å². The Balaban J connectivity index is 1.60. The minimum atomic E-state index is -0.703. The van der Waals surface area contributed by atoms with Crippen LogP contribution in [0, 0.1) is 5.92 Å². The number of rotatable bonds is 7. The van der Waals surface area contributed by atoms with Crippen molar-refractivity contribution in [3.05, 3.63) is 60.2 Å². The molecule has 0 amide bonds. The molecule has 0 bridgehead atoms. The van der Waals surface area contributed by atoms with Crippen molar-refractivity contribution in [2.24, 2.45) is 5.92 Å². The summed E-state index contributed by atoms with van der Waals surface area (Å²) in [7, 11) is 1.30. The summed E-state index contributed by atoms with van der Waals surface area (Å²) in [6.07, 6.45) is 10.9. The molecule has 1 atom stereocenters. The number of hydrogen-bond donors (Lipinski definition) is 0. The molecule has 2 aromatic carbocycles. The third-order valence-electron chi connectivity index (χ3n) is 5.55. The zero-order valence-electron chi connectivity index (χ0n) is 16.9. The van der Waals surface area contributed by atoms with Crippen molar-refractivity contribution < 1.29 is 14.3 Å². The average molecular weight is 379 g/mol. The minimum Gasteiger partial charge on any atom is -0.437 e. The monoisotopic (exact) mass is 378 g/mol. The van der Waals surface area contributed by atoms with Crippen LogP contribution in [0.4, 0.5) is 4.79 Å². The first-order valence-corrected chi connectivity index (χ1v) is 10.3. The van der Waals surface area contributed by atoms with Crippen molar-refractivity contribution in [3.8, 4) is 16.9 Å². The summed E-state index contributed by atoms with van der Waals surface area (Å²) in [5.74, 6) is 1.35. The molecule has 0 saturated carbocycles. The van der Waals surface area contributed by atoms with E-state index >= 15 is 0 Å². The van der Waals surface area contributed by atoms with Gasteiger partial charge < -0.3 is 9.47 Å². The standard InChI is InChI=1S/C25H30O3/c1-3-4-5-6-19-7-9-20(10-8-19)21-11-13-22(14-12-21)23-15-17-24(18-16-23)28-25(26)27-2/h9,11-19H,3-8,10H2,1-2H3. The number of unbranched alkanes of at least 4 members (excludes halogenated alkanes) is 2. The summed E-state index contributed by atoms with van der Waals surface area (Å²) in [5, 5.41) is 0. The number of carbonyl (C=O) groups excluding carboxylic acids is 1. The van der Waals surface area contributed by atoms with E-state index < -0.39 is 6.16 Å². The number of ether oxygens (including phenoxy) is 2. The van der Waals surface area contributed by atoms with Crippen molar-refractivity contribution in [2.45, 2.75) is 51.9 Å². The Bertz CT molecular complexity index is 788. The molecule has 0 saturated heterocycles. The SMILES string of the molecule is CCCCCC1CC=C(c2ccc(-c3ccc(OC(=O)OC)cc3)cc2)CC1. The second-order valence-electron chi connectivity index (χ2n) is 7.52. The summed E-state index contributed by atoms with van der Waals surface area (Å²) in [6.45, 7) is 2.27. The number of methoxy groups -OCH3 is 1. The van der Waals surface area contributed by atoms with Crippen LogP contribution in [0.25, 0.3) is 16.7 Å². The van der Waals surface area contributed by atoms with E-state index in [2.05, 4.69) is 42.0 Å². The Morgan fingerprint density at radius 1 is 0.964 bits per heavy atom. The van der Waals surface area contributed by atoms with Gasteiger partial charge in [0, 0.05) is 0 Å². The second kappa shape index (κ2) is 10.1. The zero-order valence-corrected chi connectivity index (χ0v) is 16.9. The molecule has 0 aliphatic heterocycles. The van der Waals surface area contributed by atoms with E-state index in [9.17, 15) is 4.79 Å². The van der Waals surface area contributed by atoms with E-state index in [1.807, 2.05) is 12.1 Å². The van der Waals surface area contributed by atoms with Gasteiger partial charge in [-0.25, -0.2) is 4.79 Å². The highest BCUT2D eigenvalue weighted by Gasteiger charge is 2.15. The first kappa shape index (κ1) is 20.2. The molecule has 0 radical (unpaired) electrons. The molecule has 3 nitrogen and oxygen atoms in total. The fourth-order valence-corrected chi connectivity index (χ4v) is 3.83. The first-order valence-electron chi connectivity index (χ1n) is 10.3. The van der Waals surface area contributed by atoms with Crippen LogP contribution in [0.2, 0.25) is 0 Å². The van der Waals surface area contributed by atoms with Crippen LogP contribution in [0.1, 0.15) is 57.4 Å². The van der Waals surface area contributed by atoms with Gasteiger partial charge in [-0.15, -0.1) is 0 Å². The van der Waals surface area contributed by atoms with Crippen molar-refractivity contribution in [1.82, 2.24) is 0 Å². The molecule has 0 N–H and O–H groups in total. The quantitative estimate of drug-likeness (QED) is 0.289. The highest BCUT2D eigenvalue weighted by Crippen LogP contribution is 2.33. The van der Waals surface area contributed by atoms with Crippen molar-refractivity contribution in [2.75, 3.05) is 7.11 Å². The van der Waals surface area contributed by atoms with Gasteiger partial charge >= 0.3 is 6.16 Å². The van der Waals surface area contributed by atoms with Gasteiger partial charge in [0.15, 0.2) is 0 Å². The smallest absolute Gasteiger partial charge is 0.437 e. The Kier molecular flexibility index (Phi) is 7.30. The van der Waals surface area contributed by atoms with Gasteiger partial charge in [0.25, 0.3) is 0 Å². The van der Waals surface area contributed by atoms with E-state index in [1.165, 1.54) is 63.2 Å². The molecular weight excluding hydrogens is 348 g/mol. The van der Waals surface area contributed by atoms with Crippen LogP contribution in [0.5, 0.6) is 5.75 Å². The molecule has 1 unspecified atom stereocenters. The summed E-state index contributed by atoms with van der Waals surface area (Å²) in [6, 6.07) is 16.2. The molecule has 3 rings (SSSR count). The highest BCUT2D eigenvalue weighted by atomic mass is 16.7. The fraction of sp³-hybridized carbons (Fsp3) is 0.400. The summed E-state index contributed by atoms with van der Waals surface area (Å²) in [5.41, 5.74) is 5.07. The number of allylic oxidation sites excluding steroid dienone is 2. The van der Waals surface area contributed by atoms with Crippen LogP contribution in [-0.4, -0.2) is 13.3 Å². The molecular formula is C25H30O3. The van der Waals surface area contributed by atoms with E-state index in [1.54, 1.807) is 12.1 Å². The maximum Gasteiger partial charge on any atom is 0.513 e. The number of benzene rings is 2.